The summed E-state index contributed by atoms with van der Waals surface area (Å²) in [4.78, 5) is 12.7. The van der Waals surface area contributed by atoms with Gasteiger partial charge in [0.1, 0.15) is 13.2 Å². The lowest BCUT2D eigenvalue weighted by atomic mass is 10.2. The van der Waals surface area contributed by atoms with Gasteiger partial charge in [0, 0.05) is 23.3 Å². The largest absolute Gasteiger partial charge is 0.486 e. The van der Waals surface area contributed by atoms with Gasteiger partial charge in [-0.2, -0.15) is 4.31 Å². The van der Waals surface area contributed by atoms with E-state index in [4.69, 9.17) is 21.1 Å². The number of nitrogens with one attached hydrogen (secondary N) is 1. The number of carbonyl (C=O) groups is 1. The van der Waals surface area contributed by atoms with Gasteiger partial charge >= 0.3 is 0 Å². The highest BCUT2D eigenvalue weighted by Crippen LogP contribution is 2.33. The zero-order chi connectivity index (χ0) is 22.6. The second kappa shape index (κ2) is 9.60. The molecule has 0 saturated heterocycles. The van der Waals surface area contributed by atoms with Crippen LogP contribution in [0, 0.1) is 0 Å². The lowest BCUT2D eigenvalue weighted by molar-refractivity contribution is -0.116. The Balaban J connectivity index is 1.60. The molecule has 0 aliphatic carbocycles. The van der Waals surface area contributed by atoms with E-state index >= 15 is 0 Å². The molecule has 7 nitrogen and oxygen atoms in total. The third-order valence-corrected chi connectivity index (χ3v) is 6.84. The number of anilines is 1. The first-order chi connectivity index (χ1) is 15.4. The molecule has 0 aromatic heterocycles. The zero-order valence-corrected chi connectivity index (χ0v) is 18.6. The summed E-state index contributed by atoms with van der Waals surface area (Å²) >= 11 is 5.88. The fraction of sp³-hybridized carbons (Fsp3) is 0.174. The molecule has 0 saturated carbocycles. The van der Waals surface area contributed by atoms with Crippen LogP contribution in [0.5, 0.6) is 11.5 Å². The van der Waals surface area contributed by atoms with Crippen molar-refractivity contribution < 1.29 is 22.7 Å². The highest BCUT2D eigenvalue weighted by Gasteiger charge is 2.28. The molecule has 0 fully saturated rings. The maximum Gasteiger partial charge on any atom is 0.243 e. The number of ether oxygens (including phenoxy) is 2. The molecule has 0 radical (unpaired) electrons. The van der Waals surface area contributed by atoms with Gasteiger partial charge in [-0.15, -0.1) is 0 Å². The number of halogens is 1. The van der Waals surface area contributed by atoms with Crippen LogP contribution < -0.4 is 14.8 Å². The highest BCUT2D eigenvalue weighted by atomic mass is 35.5. The molecule has 32 heavy (non-hydrogen) atoms. The van der Waals surface area contributed by atoms with E-state index in [0.717, 1.165) is 9.87 Å². The van der Waals surface area contributed by atoms with Crippen LogP contribution in [0.3, 0.4) is 0 Å². The van der Waals surface area contributed by atoms with Gasteiger partial charge in [-0.25, -0.2) is 8.42 Å². The van der Waals surface area contributed by atoms with Crippen LogP contribution >= 0.6 is 11.6 Å². The molecule has 0 spiro atoms. The monoisotopic (exact) mass is 472 g/mol. The number of nitrogens with zero attached hydrogens (tertiary/aromatic N) is 1. The van der Waals surface area contributed by atoms with Gasteiger partial charge in [-0.3, -0.25) is 4.79 Å². The average Bonchev–Trinajstić information content (AvgIpc) is 2.80. The van der Waals surface area contributed by atoms with E-state index in [0.29, 0.717) is 35.4 Å². The van der Waals surface area contributed by atoms with Crippen molar-refractivity contribution in [3.63, 3.8) is 0 Å². The number of rotatable bonds is 7. The van der Waals surface area contributed by atoms with Gasteiger partial charge in [0.25, 0.3) is 0 Å². The van der Waals surface area contributed by atoms with Crippen LogP contribution in [-0.4, -0.2) is 38.4 Å². The Kier molecular flexibility index (Phi) is 6.64. The van der Waals surface area contributed by atoms with Gasteiger partial charge in [0.05, 0.1) is 11.4 Å². The molecule has 1 aliphatic heterocycles. The van der Waals surface area contributed by atoms with Gasteiger partial charge < -0.3 is 14.8 Å². The topological polar surface area (TPSA) is 84.9 Å². The third-order valence-electron chi connectivity index (χ3n) is 4.80. The summed E-state index contributed by atoms with van der Waals surface area (Å²) in [6.07, 6.45) is 0. The molecule has 1 aliphatic rings. The summed E-state index contributed by atoms with van der Waals surface area (Å²) in [6, 6.07) is 20.1. The van der Waals surface area contributed by atoms with E-state index in [1.54, 1.807) is 30.3 Å². The Morgan fingerprint density at radius 3 is 2.34 bits per heavy atom. The molecule has 3 aromatic carbocycles. The normalized spacial score (nSPS) is 13.1. The summed E-state index contributed by atoms with van der Waals surface area (Å²) in [7, 11) is -4.01. The minimum absolute atomic E-state index is 0.0250. The van der Waals surface area contributed by atoms with Crippen LogP contribution in [0.2, 0.25) is 5.02 Å². The van der Waals surface area contributed by atoms with Crippen molar-refractivity contribution >= 4 is 33.2 Å². The average molecular weight is 473 g/mol. The summed E-state index contributed by atoms with van der Waals surface area (Å²) in [5, 5.41) is 3.25. The number of carbonyl (C=O) groups excluding carboxylic acids is 1. The van der Waals surface area contributed by atoms with Crippen LogP contribution in [0.25, 0.3) is 0 Å². The SMILES string of the molecule is O=C(CN(Cc1ccccc1)S(=O)(=O)c1ccc2c(c1)OCCO2)Nc1ccc(Cl)cc1. The summed E-state index contributed by atoms with van der Waals surface area (Å²) < 4.78 is 39.1. The van der Waals surface area contributed by atoms with Gasteiger partial charge in [0.15, 0.2) is 11.5 Å². The second-order valence-corrected chi connectivity index (χ2v) is 9.49. The van der Waals surface area contributed by atoms with Crippen molar-refractivity contribution in [2.45, 2.75) is 11.4 Å². The van der Waals surface area contributed by atoms with Gasteiger partial charge in [0.2, 0.25) is 15.9 Å². The fourth-order valence-corrected chi connectivity index (χ4v) is 4.77. The van der Waals surface area contributed by atoms with Crippen LogP contribution in [0.4, 0.5) is 5.69 Å². The first kappa shape index (κ1) is 22.1. The Hall–Kier alpha value is -3.07. The van der Waals surface area contributed by atoms with E-state index in [1.807, 2.05) is 30.3 Å². The molecule has 0 unspecified atom stereocenters. The number of fused-ring (bicyclic) bond motifs is 1. The van der Waals surface area contributed by atoms with Crippen LogP contribution in [0.15, 0.2) is 77.7 Å². The summed E-state index contributed by atoms with van der Waals surface area (Å²) in [6.45, 7) is 0.414. The number of amides is 1. The number of hydrogen-bond acceptors (Lipinski definition) is 5. The molecule has 4 rings (SSSR count). The first-order valence-electron chi connectivity index (χ1n) is 9.91. The molecule has 3 aromatic rings. The Labute approximate surface area is 191 Å². The maximum atomic E-state index is 13.5. The number of benzene rings is 3. The van der Waals surface area contributed by atoms with E-state index in [9.17, 15) is 13.2 Å². The van der Waals surface area contributed by atoms with Crippen molar-refractivity contribution in [3.8, 4) is 11.5 Å². The van der Waals surface area contributed by atoms with Gasteiger partial charge in [-0.05, 0) is 42.0 Å². The van der Waals surface area contributed by atoms with Crippen molar-refractivity contribution in [1.29, 1.82) is 0 Å². The maximum absolute atomic E-state index is 13.5. The predicted molar refractivity (Wildman–Crippen MR) is 122 cm³/mol. The molecule has 9 heteroatoms. The molecule has 166 valence electrons. The number of sulfonamides is 1. The minimum atomic E-state index is -4.01. The summed E-state index contributed by atoms with van der Waals surface area (Å²) in [5.41, 5.74) is 1.28. The Morgan fingerprint density at radius 1 is 0.938 bits per heavy atom. The highest BCUT2D eigenvalue weighted by molar-refractivity contribution is 7.89. The molecular weight excluding hydrogens is 452 g/mol. The standard InChI is InChI=1S/C23H21ClN2O5S/c24-18-6-8-19(9-7-18)25-23(27)16-26(15-17-4-2-1-3-5-17)32(28,29)20-10-11-21-22(14-20)31-13-12-30-21/h1-11,14H,12-13,15-16H2,(H,25,27). The van der Waals surface area contributed by atoms with Crippen molar-refractivity contribution in [2.24, 2.45) is 0 Å². The van der Waals surface area contributed by atoms with E-state index < -0.39 is 15.9 Å². The van der Waals surface area contributed by atoms with Crippen molar-refractivity contribution in [1.82, 2.24) is 4.31 Å². The van der Waals surface area contributed by atoms with E-state index in [2.05, 4.69) is 5.32 Å². The lowest BCUT2D eigenvalue weighted by Gasteiger charge is -2.24. The minimum Gasteiger partial charge on any atom is -0.486 e. The molecular formula is C23H21ClN2O5S. The van der Waals surface area contributed by atoms with Crippen molar-refractivity contribution in [3.05, 3.63) is 83.4 Å². The third kappa shape index (κ3) is 5.21. The Bertz CT molecular complexity index is 1200. The predicted octanol–water partition coefficient (Wildman–Crippen LogP) is 3.94. The van der Waals surface area contributed by atoms with Gasteiger partial charge in [-0.1, -0.05) is 41.9 Å². The van der Waals surface area contributed by atoms with E-state index in [1.165, 1.54) is 12.1 Å². The van der Waals surface area contributed by atoms with E-state index in [-0.39, 0.29) is 18.0 Å². The smallest absolute Gasteiger partial charge is 0.243 e. The summed E-state index contributed by atoms with van der Waals surface area (Å²) in [5.74, 6) is 0.386. The Morgan fingerprint density at radius 2 is 1.62 bits per heavy atom. The lowest BCUT2D eigenvalue weighted by Crippen LogP contribution is -2.37. The van der Waals surface area contributed by atoms with Crippen LogP contribution in [-0.2, 0) is 21.4 Å². The second-order valence-electron chi connectivity index (χ2n) is 7.12. The quantitative estimate of drug-likeness (QED) is 0.563. The molecule has 1 N–H and O–H groups in total. The number of hydrogen-bond donors (Lipinski definition) is 1. The molecule has 1 amide bonds. The van der Waals surface area contributed by atoms with Crippen molar-refractivity contribution in [2.75, 3.05) is 25.1 Å². The zero-order valence-electron chi connectivity index (χ0n) is 17.0. The molecule has 0 bridgehead atoms. The van der Waals surface area contributed by atoms with Crippen LogP contribution in [0.1, 0.15) is 5.56 Å². The first-order valence-corrected chi connectivity index (χ1v) is 11.7. The molecule has 1 heterocycles. The fourth-order valence-electron chi connectivity index (χ4n) is 3.24. The molecule has 0 atom stereocenters.